The predicted molar refractivity (Wildman–Crippen MR) is 75.5 cm³/mol. The number of para-hydroxylation sites is 1. The molecule has 19 heavy (non-hydrogen) atoms. The van der Waals surface area contributed by atoms with Crippen molar-refractivity contribution in [2.45, 2.75) is 26.8 Å². The van der Waals surface area contributed by atoms with E-state index < -0.39 is 0 Å². The van der Waals surface area contributed by atoms with Gasteiger partial charge in [-0.05, 0) is 31.9 Å². The number of aryl methyl sites for hydroxylation is 2. The highest BCUT2D eigenvalue weighted by Crippen LogP contribution is 2.22. The third-order valence-electron chi connectivity index (χ3n) is 3.57. The molecule has 1 fully saturated rings. The summed E-state index contributed by atoms with van der Waals surface area (Å²) in [6.45, 7) is 8.66. The van der Waals surface area contributed by atoms with Crippen LogP contribution in [-0.2, 0) is 4.79 Å². The first-order valence-electron chi connectivity index (χ1n) is 6.79. The average molecular weight is 262 g/mol. The highest BCUT2D eigenvalue weighted by molar-refractivity contribution is 5.78. The van der Waals surface area contributed by atoms with Crippen LogP contribution in [-0.4, -0.2) is 43.1 Å². The molecule has 104 valence electrons. The summed E-state index contributed by atoms with van der Waals surface area (Å²) in [6.07, 6.45) is 0. The summed E-state index contributed by atoms with van der Waals surface area (Å²) < 4.78 is 5.72. The lowest BCUT2D eigenvalue weighted by atomic mass is 10.1. The summed E-state index contributed by atoms with van der Waals surface area (Å²) in [5, 5.41) is 3.28. The molecule has 1 heterocycles. The molecule has 2 rings (SSSR count). The maximum absolute atomic E-state index is 12.2. The summed E-state index contributed by atoms with van der Waals surface area (Å²) in [6, 6.07) is 6.24. The van der Waals surface area contributed by atoms with E-state index >= 15 is 0 Å². The molecule has 0 saturated carbocycles. The van der Waals surface area contributed by atoms with Crippen molar-refractivity contribution >= 4 is 5.91 Å². The smallest absolute Gasteiger partial charge is 0.260 e. The Morgan fingerprint density at radius 1 is 1.42 bits per heavy atom. The molecule has 0 unspecified atom stereocenters. The summed E-state index contributed by atoms with van der Waals surface area (Å²) in [7, 11) is 0. The van der Waals surface area contributed by atoms with Crippen LogP contribution < -0.4 is 10.1 Å². The molecule has 1 aliphatic heterocycles. The number of ether oxygens (including phenoxy) is 1. The zero-order chi connectivity index (χ0) is 13.8. The molecule has 1 saturated heterocycles. The van der Waals surface area contributed by atoms with E-state index in [1.807, 2.05) is 36.9 Å². The maximum Gasteiger partial charge on any atom is 0.260 e. The monoisotopic (exact) mass is 262 g/mol. The van der Waals surface area contributed by atoms with Crippen molar-refractivity contribution in [3.8, 4) is 5.75 Å². The van der Waals surface area contributed by atoms with Crippen LogP contribution >= 0.6 is 0 Å². The molecule has 1 aromatic carbocycles. The largest absolute Gasteiger partial charge is 0.483 e. The normalized spacial score (nSPS) is 19.3. The van der Waals surface area contributed by atoms with Crippen molar-refractivity contribution in [3.63, 3.8) is 0 Å². The molecule has 4 nitrogen and oxygen atoms in total. The van der Waals surface area contributed by atoms with Crippen LogP contribution in [0.2, 0.25) is 0 Å². The van der Waals surface area contributed by atoms with Gasteiger partial charge >= 0.3 is 0 Å². The first-order valence-corrected chi connectivity index (χ1v) is 6.79. The number of amides is 1. The van der Waals surface area contributed by atoms with Gasteiger partial charge in [0.25, 0.3) is 5.91 Å². The van der Waals surface area contributed by atoms with Crippen LogP contribution in [0.5, 0.6) is 5.75 Å². The van der Waals surface area contributed by atoms with E-state index in [0.29, 0.717) is 0 Å². The molecule has 1 N–H and O–H groups in total. The number of hydrogen-bond acceptors (Lipinski definition) is 3. The lowest BCUT2D eigenvalue weighted by Gasteiger charge is -2.33. The summed E-state index contributed by atoms with van der Waals surface area (Å²) in [5.41, 5.74) is 2.14. The van der Waals surface area contributed by atoms with Gasteiger partial charge in [-0.2, -0.15) is 0 Å². The zero-order valence-corrected chi connectivity index (χ0v) is 11.9. The Bertz CT molecular complexity index is 439. The standard InChI is InChI=1S/C15H22N2O2/c1-11-5-4-6-12(2)15(11)19-10-14(18)17-8-7-16-9-13(17)3/h4-6,13,16H,7-10H2,1-3H3/t13-/m0/s1. The van der Waals surface area contributed by atoms with Crippen molar-refractivity contribution in [1.29, 1.82) is 0 Å². The molecule has 0 aliphatic carbocycles. The Labute approximate surface area is 114 Å². The molecule has 0 bridgehead atoms. The number of nitrogens with one attached hydrogen (secondary N) is 1. The second-order valence-corrected chi connectivity index (χ2v) is 5.15. The molecule has 1 atom stereocenters. The Balaban J connectivity index is 1.96. The fraction of sp³-hybridized carbons (Fsp3) is 0.533. The molecular weight excluding hydrogens is 240 g/mol. The van der Waals surface area contributed by atoms with Gasteiger partial charge in [-0.3, -0.25) is 4.79 Å². The number of benzene rings is 1. The van der Waals surface area contributed by atoms with Gasteiger partial charge in [-0.15, -0.1) is 0 Å². The second-order valence-electron chi connectivity index (χ2n) is 5.15. The van der Waals surface area contributed by atoms with Crippen LogP contribution in [0.4, 0.5) is 0 Å². The number of hydrogen-bond donors (Lipinski definition) is 1. The predicted octanol–water partition coefficient (Wildman–Crippen LogP) is 1.50. The van der Waals surface area contributed by atoms with Gasteiger partial charge in [-0.1, -0.05) is 18.2 Å². The van der Waals surface area contributed by atoms with Crippen molar-refractivity contribution in [3.05, 3.63) is 29.3 Å². The van der Waals surface area contributed by atoms with Crippen LogP contribution in [0.3, 0.4) is 0 Å². The Kier molecular flexibility index (Phi) is 4.43. The highest BCUT2D eigenvalue weighted by atomic mass is 16.5. The van der Waals surface area contributed by atoms with E-state index in [0.717, 1.165) is 36.5 Å². The number of rotatable bonds is 3. The molecule has 0 aromatic heterocycles. The topological polar surface area (TPSA) is 41.6 Å². The van der Waals surface area contributed by atoms with Crippen LogP contribution in [0, 0.1) is 13.8 Å². The van der Waals surface area contributed by atoms with Gasteiger partial charge in [0, 0.05) is 25.7 Å². The molecule has 1 aliphatic rings. The number of nitrogens with zero attached hydrogens (tertiary/aromatic N) is 1. The van der Waals surface area contributed by atoms with Gasteiger partial charge in [0.15, 0.2) is 6.61 Å². The first-order chi connectivity index (χ1) is 9.09. The maximum atomic E-state index is 12.2. The van der Waals surface area contributed by atoms with Crippen molar-refractivity contribution in [2.75, 3.05) is 26.2 Å². The highest BCUT2D eigenvalue weighted by Gasteiger charge is 2.23. The third-order valence-corrected chi connectivity index (χ3v) is 3.57. The number of carbonyl (C=O) groups is 1. The van der Waals surface area contributed by atoms with E-state index in [2.05, 4.69) is 12.2 Å². The van der Waals surface area contributed by atoms with E-state index in [9.17, 15) is 4.79 Å². The molecule has 4 heteroatoms. The van der Waals surface area contributed by atoms with Crippen molar-refractivity contribution < 1.29 is 9.53 Å². The van der Waals surface area contributed by atoms with Gasteiger partial charge < -0.3 is 15.0 Å². The minimum Gasteiger partial charge on any atom is -0.483 e. The number of piperazine rings is 1. The molecule has 0 spiro atoms. The summed E-state index contributed by atoms with van der Waals surface area (Å²) in [5.74, 6) is 0.898. The van der Waals surface area contributed by atoms with Gasteiger partial charge in [0.05, 0.1) is 0 Å². The molecule has 1 amide bonds. The minimum absolute atomic E-state index is 0.0663. The minimum atomic E-state index is 0.0663. The van der Waals surface area contributed by atoms with Crippen LogP contribution in [0.1, 0.15) is 18.1 Å². The molecule has 0 radical (unpaired) electrons. The van der Waals surface area contributed by atoms with Crippen LogP contribution in [0.25, 0.3) is 0 Å². The van der Waals surface area contributed by atoms with E-state index in [4.69, 9.17) is 4.74 Å². The van der Waals surface area contributed by atoms with Gasteiger partial charge in [0.2, 0.25) is 0 Å². The van der Waals surface area contributed by atoms with Crippen molar-refractivity contribution in [2.24, 2.45) is 0 Å². The summed E-state index contributed by atoms with van der Waals surface area (Å²) in [4.78, 5) is 14.1. The molecule has 1 aromatic rings. The fourth-order valence-corrected chi connectivity index (χ4v) is 2.46. The zero-order valence-electron chi connectivity index (χ0n) is 11.9. The lowest BCUT2D eigenvalue weighted by Crippen LogP contribution is -2.53. The fourth-order valence-electron chi connectivity index (χ4n) is 2.46. The Morgan fingerprint density at radius 3 is 2.74 bits per heavy atom. The van der Waals surface area contributed by atoms with Crippen LogP contribution in [0.15, 0.2) is 18.2 Å². The Hall–Kier alpha value is -1.55. The van der Waals surface area contributed by atoms with E-state index in [1.54, 1.807) is 0 Å². The summed E-state index contributed by atoms with van der Waals surface area (Å²) >= 11 is 0. The molecular formula is C15H22N2O2. The number of carbonyl (C=O) groups excluding carboxylic acids is 1. The van der Waals surface area contributed by atoms with Gasteiger partial charge in [-0.25, -0.2) is 0 Å². The third kappa shape index (κ3) is 3.26. The lowest BCUT2D eigenvalue weighted by molar-refractivity contribution is -0.136. The van der Waals surface area contributed by atoms with E-state index in [1.165, 1.54) is 0 Å². The quantitative estimate of drug-likeness (QED) is 0.897. The Morgan fingerprint density at radius 2 is 2.11 bits per heavy atom. The van der Waals surface area contributed by atoms with Gasteiger partial charge in [0.1, 0.15) is 5.75 Å². The van der Waals surface area contributed by atoms with Crippen molar-refractivity contribution in [1.82, 2.24) is 10.2 Å². The SMILES string of the molecule is Cc1cccc(C)c1OCC(=O)N1CCNC[C@@H]1C. The second kappa shape index (κ2) is 6.06. The average Bonchev–Trinajstić information content (AvgIpc) is 2.38. The van der Waals surface area contributed by atoms with E-state index in [-0.39, 0.29) is 18.6 Å². The first kappa shape index (κ1) is 13.9.